The molecule has 0 fully saturated rings. The lowest BCUT2D eigenvalue weighted by molar-refractivity contribution is -0.0457. The number of alkyl halides is 3. The molecule has 0 heterocycles. The molecule has 0 bridgehead atoms. The summed E-state index contributed by atoms with van der Waals surface area (Å²) in [6, 6.07) is 0. The van der Waals surface area contributed by atoms with Crippen LogP contribution < -0.4 is 0 Å². The largest absolute Gasteiger partial charge is 0.358 e. The smallest absolute Gasteiger partial charge is 0.177 e. The van der Waals surface area contributed by atoms with Gasteiger partial charge in [-0.05, 0) is 0 Å². The van der Waals surface area contributed by atoms with Crippen molar-refractivity contribution >= 4 is 9.52 Å². The number of rotatable bonds is 1. The zero-order valence-electron chi connectivity index (χ0n) is 3.63. The van der Waals surface area contributed by atoms with Crippen LogP contribution in [0.15, 0.2) is 12.3 Å². The van der Waals surface area contributed by atoms with E-state index in [1.54, 1.807) is 0 Å². The van der Waals surface area contributed by atoms with Gasteiger partial charge in [0.05, 0.1) is 0 Å². The Morgan fingerprint density at radius 2 is 1.86 bits per heavy atom. The Labute approximate surface area is 41.9 Å². The highest BCUT2D eigenvalue weighted by Crippen LogP contribution is 2.11. The van der Waals surface area contributed by atoms with Crippen molar-refractivity contribution < 1.29 is 13.2 Å². The van der Waals surface area contributed by atoms with Gasteiger partial charge in [-0.3, -0.25) is 0 Å². The fourth-order valence-corrected chi connectivity index (χ4v) is 0.491. The Morgan fingerprint density at radius 1 is 1.43 bits per heavy atom. The lowest BCUT2D eigenvalue weighted by Crippen LogP contribution is -2.15. The van der Waals surface area contributed by atoms with E-state index in [4.69, 9.17) is 0 Å². The minimum Gasteiger partial charge on any atom is -0.177 e. The number of hydrogen-bond donors (Lipinski definition) is 0. The molecule has 0 saturated heterocycles. The first-order valence-electron chi connectivity index (χ1n) is 1.74. The zero-order chi connectivity index (χ0) is 5.91. The summed E-state index contributed by atoms with van der Waals surface area (Å²) in [5, 5.41) is 0. The Bertz CT molecular complexity index is 65.1. The summed E-state index contributed by atoms with van der Waals surface area (Å²) in [7, 11) is -1.98. The third kappa shape index (κ3) is 5.75. The van der Waals surface area contributed by atoms with Gasteiger partial charge in [0.1, 0.15) is 0 Å². The second-order valence-corrected chi connectivity index (χ2v) is 2.90. The van der Waals surface area contributed by atoms with E-state index in [1.165, 1.54) is 0 Å². The quantitative estimate of drug-likeness (QED) is 0.456. The molecule has 0 aromatic carbocycles. The molecule has 0 saturated carbocycles. The van der Waals surface area contributed by atoms with Gasteiger partial charge in [0, 0.05) is 0 Å². The second-order valence-electron chi connectivity index (χ2n) is 1.11. The molecule has 4 heteroatoms. The third-order valence-corrected chi connectivity index (χ3v) is 1.13. The van der Waals surface area contributed by atoms with Gasteiger partial charge in [-0.25, -0.2) is 0 Å². The molecule has 0 aliphatic heterocycles. The molecule has 7 heavy (non-hydrogen) atoms. The highest BCUT2D eigenvalue weighted by Gasteiger charge is 2.24. The van der Waals surface area contributed by atoms with Gasteiger partial charge in [-0.15, -0.1) is 6.58 Å². The Morgan fingerprint density at radius 3 is 1.86 bits per heavy atom. The van der Waals surface area contributed by atoms with E-state index in [0.29, 0.717) is 0 Å². The first kappa shape index (κ1) is 6.75. The molecule has 0 radical (unpaired) electrons. The summed E-state index contributed by atoms with van der Waals surface area (Å²) < 4.78 is 33.1. The molecule has 0 unspecified atom stereocenters. The van der Waals surface area contributed by atoms with E-state index >= 15 is 0 Å². The Hall–Kier alpha value is -0.253. The van der Waals surface area contributed by atoms with Gasteiger partial charge in [0.15, 0.2) is 9.52 Å². The third-order valence-electron chi connectivity index (χ3n) is 0.376. The first-order chi connectivity index (χ1) is 3.06. The minimum absolute atomic E-state index is 0.972. The summed E-state index contributed by atoms with van der Waals surface area (Å²) in [5.41, 5.74) is 0.972. The molecular formula is C3H5F3Si. The van der Waals surface area contributed by atoms with E-state index in [9.17, 15) is 13.2 Å². The molecular weight excluding hydrogens is 121 g/mol. The summed E-state index contributed by atoms with van der Waals surface area (Å²) in [6.45, 7) is 2.99. The van der Waals surface area contributed by atoms with Crippen LogP contribution in [-0.2, 0) is 0 Å². The predicted octanol–water partition coefficient (Wildman–Crippen LogP) is 0.818. The molecule has 0 aliphatic carbocycles. The number of halogens is 3. The lowest BCUT2D eigenvalue weighted by atomic mass is 11.3. The van der Waals surface area contributed by atoms with Crippen LogP contribution in [0, 0.1) is 0 Å². The van der Waals surface area contributed by atoms with Gasteiger partial charge in [0.25, 0.3) is 0 Å². The monoisotopic (exact) mass is 126 g/mol. The minimum atomic E-state index is -3.93. The van der Waals surface area contributed by atoms with Crippen LogP contribution in [0.4, 0.5) is 13.2 Å². The standard InChI is InChI=1S/C3H5F3Si/c1-2-7-3(4,5)6/h2H,1,7H2. The van der Waals surface area contributed by atoms with Crippen LogP contribution >= 0.6 is 0 Å². The highest BCUT2D eigenvalue weighted by molar-refractivity contribution is 6.44. The van der Waals surface area contributed by atoms with Gasteiger partial charge < -0.3 is 0 Å². The van der Waals surface area contributed by atoms with Gasteiger partial charge in [-0.1, -0.05) is 5.70 Å². The van der Waals surface area contributed by atoms with Gasteiger partial charge >= 0.3 is 5.80 Å². The molecule has 0 aromatic rings. The van der Waals surface area contributed by atoms with Gasteiger partial charge in [0.2, 0.25) is 0 Å². The van der Waals surface area contributed by atoms with E-state index in [-0.39, 0.29) is 0 Å². The summed E-state index contributed by atoms with van der Waals surface area (Å²) >= 11 is 0. The molecule has 0 amide bonds. The lowest BCUT2D eigenvalue weighted by Gasteiger charge is -1.97. The summed E-state index contributed by atoms with van der Waals surface area (Å²) in [5.74, 6) is -3.93. The van der Waals surface area contributed by atoms with Crippen molar-refractivity contribution in [3.05, 3.63) is 12.3 Å². The predicted molar refractivity (Wildman–Crippen MR) is 24.8 cm³/mol. The van der Waals surface area contributed by atoms with E-state index in [1.807, 2.05) is 0 Å². The maximum absolute atomic E-state index is 11.0. The summed E-state index contributed by atoms with van der Waals surface area (Å²) in [4.78, 5) is 0. The average molecular weight is 126 g/mol. The molecule has 0 atom stereocenters. The maximum Gasteiger partial charge on any atom is 0.358 e. The van der Waals surface area contributed by atoms with Crippen molar-refractivity contribution in [2.45, 2.75) is 5.80 Å². The maximum atomic E-state index is 11.0. The van der Waals surface area contributed by atoms with Gasteiger partial charge in [-0.2, -0.15) is 13.2 Å². The van der Waals surface area contributed by atoms with Crippen LogP contribution in [0.2, 0.25) is 0 Å². The molecule has 0 spiro atoms. The second kappa shape index (κ2) is 2.16. The van der Waals surface area contributed by atoms with Crippen molar-refractivity contribution in [2.75, 3.05) is 0 Å². The fourth-order valence-electron chi connectivity index (χ4n) is 0.164. The Kier molecular flexibility index (Phi) is 2.08. The number of hydrogen-bond acceptors (Lipinski definition) is 0. The summed E-state index contributed by atoms with van der Waals surface area (Å²) in [6.07, 6.45) is 0. The van der Waals surface area contributed by atoms with E-state index in [0.717, 1.165) is 5.70 Å². The molecule has 0 aromatic heterocycles. The average Bonchev–Trinajstić information content (AvgIpc) is 1.30. The van der Waals surface area contributed by atoms with Crippen LogP contribution in [0.5, 0.6) is 0 Å². The molecule has 0 nitrogen and oxygen atoms in total. The van der Waals surface area contributed by atoms with Crippen molar-refractivity contribution in [1.82, 2.24) is 0 Å². The Balaban J connectivity index is 3.34. The topological polar surface area (TPSA) is 0 Å². The normalized spacial score (nSPS) is 13.0. The van der Waals surface area contributed by atoms with E-state index in [2.05, 4.69) is 6.58 Å². The molecule has 0 N–H and O–H groups in total. The van der Waals surface area contributed by atoms with Crippen LogP contribution in [0.3, 0.4) is 0 Å². The van der Waals surface area contributed by atoms with Crippen molar-refractivity contribution in [2.24, 2.45) is 0 Å². The molecule has 42 valence electrons. The van der Waals surface area contributed by atoms with Crippen molar-refractivity contribution in [3.63, 3.8) is 0 Å². The highest BCUT2D eigenvalue weighted by atomic mass is 28.2. The van der Waals surface area contributed by atoms with Crippen LogP contribution in [-0.4, -0.2) is 15.3 Å². The zero-order valence-corrected chi connectivity index (χ0v) is 5.04. The van der Waals surface area contributed by atoms with E-state index < -0.39 is 15.3 Å². The van der Waals surface area contributed by atoms with Crippen LogP contribution in [0.1, 0.15) is 0 Å². The fraction of sp³-hybridized carbons (Fsp3) is 0.333. The molecule has 0 rings (SSSR count). The van der Waals surface area contributed by atoms with Crippen molar-refractivity contribution in [1.29, 1.82) is 0 Å². The first-order valence-corrected chi connectivity index (χ1v) is 3.26. The molecule has 0 aliphatic rings. The SMILES string of the molecule is C=C[SiH2]C(F)(F)F. The van der Waals surface area contributed by atoms with Crippen LogP contribution in [0.25, 0.3) is 0 Å². The van der Waals surface area contributed by atoms with Crippen molar-refractivity contribution in [3.8, 4) is 0 Å².